The third kappa shape index (κ3) is 8.94. The van der Waals surface area contributed by atoms with Crippen molar-refractivity contribution in [2.75, 3.05) is 0 Å². The van der Waals surface area contributed by atoms with Crippen LogP contribution in [-0.2, 0) is 18.7 Å². The van der Waals surface area contributed by atoms with E-state index in [0.29, 0.717) is 0 Å². The van der Waals surface area contributed by atoms with Crippen molar-refractivity contribution in [3.05, 3.63) is 12.2 Å². The highest BCUT2D eigenvalue weighted by molar-refractivity contribution is 6.74. The number of carbonyl (C=O) groups is 1. The lowest BCUT2D eigenvalue weighted by molar-refractivity contribution is -0.145. The summed E-state index contributed by atoms with van der Waals surface area (Å²) in [5.74, 6) is -0.249. The minimum absolute atomic E-state index is 0.0269. The molecule has 0 aromatic rings. The van der Waals surface area contributed by atoms with E-state index in [1.165, 1.54) is 70.3 Å². The fourth-order valence-electron chi connectivity index (χ4n) is 4.50. The zero-order valence-electron chi connectivity index (χ0n) is 21.8. The van der Waals surface area contributed by atoms with Crippen LogP contribution in [0, 0.1) is 0 Å². The van der Waals surface area contributed by atoms with Gasteiger partial charge in [0.1, 0.15) is 6.10 Å². The number of esters is 1. The SMILES string of the molecule is CCCCCCCCCCCC[C@H](O[Si](C)(C)C(C)(C)C)[C@@H]1CC[C@@H]([C@H]2C=CC(=O)O2)O1. The van der Waals surface area contributed by atoms with Crippen LogP contribution in [0.15, 0.2) is 12.2 Å². The van der Waals surface area contributed by atoms with Crippen molar-refractivity contribution in [2.24, 2.45) is 0 Å². The van der Waals surface area contributed by atoms with Crippen LogP contribution in [0.3, 0.4) is 0 Å². The summed E-state index contributed by atoms with van der Waals surface area (Å²) in [6, 6.07) is 0. The first-order valence-electron chi connectivity index (χ1n) is 13.4. The lowest BCUT2D eigenvalue weighted by atomic mass is 10.0. The molecule has 2 heterocycles. The van der Waals surface area contributed by atoms with Crippen molar-refractivity contribution in [2.45, 2.75) is 154 Å². The summed E-state index contributed by atoms with van der Waals surface area (Å²) < 4.78 is 18.7. The topological polar surface area (TPSA) is 44.8 Å². The Labute approximate surface area is 199 Å². The van der Waals surface area contributed by atoms with Crippen LogP contribution in [0.25, 0.3) is 0 Å². The minimum Gasteiger partial charge on any atom is -0.452 e. The molecule has 0 bridgehead atoms. The highest BCUT2D eigenvalue weighted by Crippen LogP contribution is 2.40. The number of hydrogen-bond donors (Lipinski definition) is 0. The first-order valence-corrected chi connectivity index (χ1v) is 16.3. The molecule has 186 valence electrons. The number of hydrogen-bond acceptors (Lipinski definition) is 4. The second-order valence-corrected chi connectivity index (χ2v) is 16.2. The highest BCUT2D eigenvalue weighted by atomic mass is 28.4. The summed E-state index contributed by atoms with van der Waals surface area (Å²) in [6.45, 7) is 13.9. The van der Waals surface area contributed by atoms with Gasteiger partial charge in [0, 0.05) is 6.08 Å². The molecule has 1 fully saturated rings. The first-order chi connectivity index (χ1) is 15.1. The van der Waals surface area contributed by atoms with Crippen LogP contribution < -0.4 is 0 Å². The standard InChI is InChI=1S/C27H50O4Si/c1-7-8-9-10-11-12-13-14-15-16-17-25(31-32(5,6)27(2,3)4)24-19-18-22(29-24)23-20-21-26(28)30-23/h20-25H,7-19H2,1-6H3/t22-,23+,24-,25-/m0/s1. The molecule has 0 spiro atoms. The van der Waals surface area contributed by atoms with E-state index in [1.54, 1.807) is 0 Å². The molecular formula is C27H50O4Si. The molecule has 4 nitrogen and oxygen atoms in total. The Kier molecular flexibility index (Phi) is 11.5. The van der Waals surface area contributed by atoms with Crippen LogP contribution in [0.1, 0.15) is 111 Å². The molecule has 2 rings (SSSR count). The van der Waals surface area contributed by atoms with Gasteiger partial charge in [0.15, 0.2) is 8.32 Å². The van der Waals surface area contributed by atoms with E-state index in [4.69, 9.17) is 13.9 Å². The monoisotopic (exact) mass is 466 g/mol. The zero-order valence-corrected chi connectivity index (χ0v) is 22.8. The molecule has 0 amide bonds. The van der Waals surface area contributed by atoms with Crippen molar-refractivity contribution < 1.29 is 18.7 Å². The smallest absolute Gasteiger partial charge is 0.331 e. The largest absolute Gasteiger partial charge is 0.452 e. The number of rotatable bonds is 15. The Morgan fingerprint density at radius 2 is 1.59 bits per heavy atom. The second kappa shape index (κ2) is 13.3. The molecule has 0 aromatic carbocycles. The van der Waals surface area contributed by atoms with Gasteiger partial charge in [-0.15, -0.1) is 0 Å². The molecule has 32 heavy (non-hydrogen) atoms. The fourth-order valence-corrected chi connectivity index (χ4v) is 5.88. The van der Waals surface area contributed by atoms with Gasteiger partial charge in [-0.2, -0.15) is 0 Å². The van der Waals surface area contributed by atoms with Gasteiger partial charge in [-0.05, 0) is 43.5 Å². The van der Waals surface area contributed by atoms with Crippen LogP contribution >= 0.6 is 0 Å². The number of unbranched alkanes of at least 4 members (excludes halogenated alkanes) is 9. The minimum atomic E-state index is -1.88. The van der Waals surface area contributed by atoms with Crippen molar-refractivity contribution >= 4 is 14.3 Å². The van der Waals surface area contributed by atoms with Crippen LogP contribution in [-0.4, -0.2) is 38.7 Å². The lowest BCUT2D eigenvalue weighted by Crippen LogP contribution is -2.47. The Hall–Kier alpha value is -0.653. The predicted molar refractivity (Wildman–Crippen MR) is 135 cm³/mol. The average molecular weight is 467 g/mol. The van der Waals surface area contributed by atoms with E-state index >= 15 is 0 Å². The Bertz CT molecular complexity index is 581. The molecule has 5 heteroatoms. The Morgan fingerprint density at radius 1 is 1.00 bits per heavy atom. The van der Waals surface area contributed by atoms with Gasteiger partial charge in [-0.1, -0.05) is 91.9 Å². The maximum atomic E-state index is 11.5. The molecular weight excluding hydrogens is 416 g/mol. The molecule has 4 atom stereocenters. The molecule has 0 N–H and O–H groups in total. The molecule has 0 aliphatic carbocycles. The van der Waals surface area contributed by atoms with Gasteiger partial charge in [0.25, 0.3) is 0 Å². The van der Waals surface area contributed by atoms with Crippen molar-refractivity contribution in [3.8, 4) is 0 Å². The van der Waals surface area contributed by atoms with Crippen molar-refractivity contribution in [1.82, 2.24) is 0 Å². The molecule has 0 unspecified atom stereocenters. The third-order valence-electron chi connectivity index (χ3n) is 7.63. The van der Waals surface area contributed by atoms with Gasteiger partial charge in [0.2, 0.25) is 0 Å². The zero-order chi connectivity index (χ0) is 23.6. The van der Waals surface area contributed by atoms with Gasteiger partial charge in [-0.3, -0.25) is 0 Å². The van der Waals surface area contributed by atoms with Crippen LogP contribution in [0.4, 0.5) is 0 Å². The summed E-state index contributed by atoms with van der Waals surface area (Å²) >= 11 is 0. The number of carbonyl (C=O) groups excluding carboxylic acids is 1. The quantitative estimate of drug-likeness (QED) is 0.141. The summed E-state index contributed by atoms with van der Waals surface area (Å²) in [7, 11) is -1.88. The summed E-state index contributed by atoms with van der Waals surface area (Å²) in [5, 5.41) is 0.185. The molecule has 0 radical (unpaired) electrons. The van der Waals surface area contributed by atoms with Gasteiger partial charge >= 0.3 is 5.97 Å². The van der Waals surface area contributed by atoms with Crippen molar-refractivity contribution in [1.29, 1.82) is 0 Å². The second-order valence-electron chi connectivity index (χ2n) is 11.4. The highest BCUT2D eigenvalue weighted by Gasteiger charge is 2.43. The lowest BCUT2D eigenvalue weighted by Gasteiger charge is -2.41. The average Bonchev–Trinajstić information content (AvgIpc) is 3.36. The normalized spacial score (nSPS) is 24.8. The Morgan fingerprint density at radius 3 is 2.12 bits per heavy atom. The third-order valence-corrected chi connectivity index (χ3v) is 12.1. The summed E-state index contributed by atoms with van der Waals surface area (Å²) in [5.41, 5.74) is 0. The first kappa shape index (κ1) is 27.6. The van der Waals surface area contributed by atoms with Crippen LogP contribution in [0.5, 0.6) is 0 Å². The number of ether oxygens (including phenoxy) is 2. The van der Waals surface area contributed by atoms with E-state index < -0.39 is 8.32 Å². The van der Waals surface area contributed by atoms with E-state index in [1.807, 2.05) is 6.08 Å². The van der Waals surface area contributed by atoms with E-state index in [-0.39, 0.29) is 35.4 Å². The molecule has 2 aliphatic rings. The van der Waals surface area contributed by atoms with Crippen LogP contribution in [0.2, 0.25) is 18.1 Å². The summed E-state index contributed by atoms with van der Waals surface area (Å²) in [4.78, 5) is 11.5. The van der Waals surface area contributed by atoms with Crippen molar-refractivity contribution in [3.63, 3.8) is 0 Å². The maximum absolute atomic E-state index is 11.5. The predicted octanol–water partition coefficient (Wildman–Crippen LogP) is 7.72. The Balaban J connectivity index is 1.79. The fraction of sp³-hybridized carbons (Fsp3) is 0.889. The van der Waals surface area contributed by atoms with E-state index in [2.05, 4.69) is 40.8 Å². The number of cyclic esters (lactones) is 1. The van der Waals surface area contributed by atoms with Gasteiger partial charge < -0.3 is 13.9 Å². The molecule has 2 aliphatic heterocycles. The van der Waals surface area contributed by atoms with Gasteiger partial charge in [0.05, 0.1) is 18.3 Å². The molecule has 0 saturated carbocycles. The summed E-state index contributed by atoms with van der Waals surface area (Å²) in [6.07, 6.45) is 19.9. The van der Waals surface area contributed by atoms with Gasteiger partial charge in [-0.25, -0.2) is 4.79 Å². The molecule has 0 aromatic heterocycles. The van der Waals surface area contributed by atoms with E-state index in [9.17, 15) is 4.79 Å². The van der Waals surface area contributed by atoms with E-state index in [0.717, 1.165) is 19.3 Å². The maximum Gasteiger partial charge on any atom is 0.331 e. The molecule has 1 saturated heterocycles.